The number of rotatable bonds is 4. The van der Waals surface area contributed by atoms with Crippen LogP contribution in [-0.2, 0) is 9.59 Å². The Labute approximate surface area is 159 Å². The first-order valence-corrected chi connectivity index (χ1v) is 8.77. The third-order valence-electron chi connectivity index (χ3n) is 5.88. The minimum Gasteiger partial charge on any atom is -0.480 e. The molecule has 3 aliphatic rings. The molecule has 0 spiro atoms. The zero-order valence-corrected chi connectivity index (χ0v) is 14.6. The molecule has 1 saturated carbocycles. The maximum absolute atomic E-state index is 12.3. The zero-order valence-electron chi connectivity index (χ0n) is 14.6. The standard InChI is InChI=1S/C20H16O8/c21-18(22)20(19(23)24)12(10-1-3-14-16(5-10)27-8-25-14)7-13(20)11-2-4-15-17(6-11)28-9-26-15/h1-6,12-13H,7-9H2,(H,21,22)(H,23,24). The lowest BCUT2D eigenvalue weighted by Crippen LogP contribution is -2.56. The average Bonchev–Trinajstić information content (AvgIpc) is 3.28. The molecule has 2 aromatic carbocycles. The van der Waals surface area contributed by atoms with E-state index in [0.717, 1.165) is 0 Å². The first kappa shape index (κ1) is 16.7. The molecule has 2 N–H and O–H groups in total. The van der Waals surface area contributed by atoms with E-state index < -0.39 is 29.2 Å². The molecule has 144 valence electrons. The summed E-state index contributed by atoms with van der Waals surface area (Å²) in [7, 11) is 0. The van der Waals surface area contributed by atoms with Crippen LogP contribution in [0, 0.1) is 5.41 Å². The first-order valence-electron chi connectivity index (χ1n) is 8.77. The van der Waals surface area contributed by atoms with Crippen molar-refractivity contribution in [3.8, 4) is 23.0 Å². The number of hydrogen-bond donors (Lipinski definition) is 2. The van der Waals surface area contributed by atoms with E-state index in [1.54, 1.807) is 36.4 Å². The van der Waals surface area contributed by atoms with E-state index in [1.165, 1.54) is 0 Å². The van der Waals surface area contributed by atoms with Crippen LogP contribution in [0.1, 0.15) is 29.4 Å². The second kappa shape index (κ2) is 5.79. The van der Waals surface area contributed by atoms with E-state index in [0.29, 0.717) is 40.5 Å². The summed E-state index contributed by atoms with van der Waals surface area (Å²) in [4.78, 5) is 24.6. The summed E-state index contributed by atoms with van der Waals surface area (Å²) in [6.45, 7) is 0.179. The molecule has 2 aliphatic heterocycles. The minimum atomic E-state index is -1.98. The second-order valence-corrected chi connectivity index (χ2v) is 7.05. The highest BCUT2D eigenvalue weighted by molar-refractivity contribution is 6.02. The fraction of sp³-hybridized carbons (Fsp3) is 0.300. The summed E-state index contributed by atoms with van der Waals surface area (Å²) in [6.07, 6.45) is 0.373. The predicted molar refractivity (Wildman–Crippen MR) is 92.9 cm³/mol. The van der Waals surface area contributed by atoms with Crippen LogP contribution in [0.5, 0.6) is 23.0 Å². The van der Waals surface area contributed by atoms with Crippen LogP contribution in [0.15, 0.2) is 36.4 Å². The molecular formula is C20H16O8. The van der Waals surface area contributed by atoms with Gasteiger partial charge >= 0.3 is 11.9 Å². The maximum Gasteiger partial charge on any atom is 0.322 e. The fourth-order valence-corrected chi connectivity index (χ4v) is 4.44. The lowest BCUT2D eigenvalue weighted by molar-refractivity contribution is -0.177. The topological polar surface area (TPSA) is 112 Å². The zero-order chi connectivity index (χ0) is 19.5. The van der Waals surface area contributed by atoms with Crippen LogP contribution >= 0.6 is 0 Å². The number of fused-ring (bicyclic) bond motifs is 2. The Bertz CT molecular complexity index is 918. The minimum absolute atomic E-state index is 0.0896. The summed E-state index contributed by atoms with van der Waals surface area (Å²) < 4.78 is 21.3. The van der Waals surface area contributed by atoms with Crippen LogP contribution in [-0.4, -0.2) is 35.7 Å². The highest BCUT2D eigenvalue weighted by atomic mass is 16.7. The summed E-state index contributed by atoms with van der Waals surface area (Å²) >= 11 is 0. The van der Waals surface area contributed by atoms with Gasteiger partial charge in [-0.15, -0.1) is 0 Å². The van der Waals surface area contributed by atoms with Gasteiger partial charge in [-0.1, -0.05) is 12.1 Å². The van der Waals surface area contributed by atoms with Crippen molar-refractivity contribution in [3.05, 3.63) is 47.5 Å². The Morgan fingerprint density at radius 3 is 1.61 bits per heavy atom. The van der Waals surface area contributed by atoms with E-state index in [2.05, 4.69) is 0 Å². The van der Waals surface area contributed by atoms with Crippen molar-refractivity contribution < 1.29 is 38.7 Å². The Kier molecular flexibility index (Phi) is 3.46. The molecule has 0 saturated heterocycles. The number of ether oxygens (including phenoxy) is 4. The number of aliphatic carboxylic acids is 2. The normalized spacial score (nSPS) is 23.1. The van der Waals surface area contributed by atoms with E-state index >= 15 is 0 Å². The molecule has 0 amide bonds. The highest BCUT2D eigenvalue weighted by Gasteiger charge is 2.67. The van der Waals surface area contributed by atoms with Crippen LogP contribution in [0.25, 0.3) is 0 Å². The number of benzene rings is 2. The molecule has 0 radical (unpaired) electrons. The number of hydrogen-bond acceptors (Lipinski definition) is 6. The summed E-state index contributed by atoms with van der Waals surface area (Å²) in [6, 6.07) is 10.1. The quantitative estimate of drug-likeness (QED) is 0.774. The van der Waals surface area contributed by atoms with Gasteiger partial charge in [0.25, 0.3) is 0 Å². The molecule has 0 aromatic heterocycles. The Hall–Kier alpha value is -3.42. The van der Waals surface area contributed by atoms with Crippen molar-refractivity contribution >= 4 is 11.9 Å². The maximum atomic E-state index is 12.3. The monoisotopic (exact) mass is 384 g/mol. The first-order chi connectivity index (χ1) is 13.5. The van der Waals surface area contributed by atoms with Crippen molar-refractivity contribution in [2.75, 3.05) is 13.6 Å². The molecule has 2 aromatic rings. The Morgan fingerprint density at radius 1 is 0.750 bits per heavy atom. The molecule has 5 rings (SSSR count). The van der Waals surface area contributed by atoms with Gasteiger partial charge in [0.05, 0.1) is 0 Å². The van der Waals surface area contributed by atoms with Crippen molar-refractivity contribution in [2.45, 2.75) is 18.3 Å². The van der Waals surface area contributed by atoms with Crippen molar-refractivity contribution in [2.24, 2.45) is 5.41 Å². The molecule has 1 fully saturated rings. The number of carbonyl (C=O) groups is 2. The summed E-state index contributed by atoms with van der Waals surface area (Å²) in [5.41, 5.74) is -0.779. The van der Waals surface area contributed by atoms with Crippen LogP contribution < -0.4 is 18.9 Å². The van der Waals surface area contributed by atoms with Gasteiger partial charge in [-0.05, 0) is 41.8 Å². The van der Waals surface area contributed by atoms with Gasteiger partial charge < -0.3 is 29.2 Å². The highest BCUT2D eigenvalue weighted by Crippen LogP contribution is 2.63. The van der Waals surface area contributed by atoms with E-state index in [9.17, 15) is 19.8 Å². The van der Waals surface area contributed by atoms with Gasteiger partial charge in [-0.2, -0.15) is 0 Å². The Morgan fingerprint density at radius 2 is 1.18 bits per heavy atom. The fourth-order valence-electron chi connectivity index (χ4n) is 4.44. The molecular weight excluding hydrogens is 368 g/mol. The van der Waals surface area contributed by atoms with Gasteiger partial charge in [0, 0.05) is 11.8 Å². The van der Waals surface area contributed by atoms with E-state index in [1.807, 2.05) is 0 Å². The van der Waals surface area contributed by atoms with Crippen LogP contribution in [0.3, 0.4) is 0 Å². The predicted octanol–water partition coefficient (Wildman–Crippen LogP) is 2.57. The number of carboxylic acid groups (broad SMARTS) is 2. The molecule has 2 heterocycles. The third-order valence-corrected chi connectivity index (χ3v) is 5.88. The molecule has 1 aliphatic carbocycles. The van der Waals surface area contributed by atoms with Gasteiger partial charge in [0.1, 0.15) is 0 Å². The smallest absolute Gasteiger partial charge is 0.322 e. The molecule has 28 heavy (non-hydrogen) atoms. The molecule has 2 unspecified atom stereocenters. The van der Waals surface area contributed by atoms with Gasteiger partial charge in [-0.25, -0.2) is 0 Å². The second-order valence-electron chi connectivity index (χ2n) is 7.05. The molecule has 2 atom stereocenters. The lowest BCUT2D eigenvalue weighted by atomic mass is 9.49. The van der Waals surface area contributed by atoms with Crippen molar-refractivity contribution in [1.29, 1.82) is 0 Å². The number of carboxylic acids is 2. The van der Waals surface area contributed by atoms with Crippen LogP contribution in [0.2, 0.25) is 0 Å². The largest absolute Gasteiger partial charge is 0.480 e. The van der Waals surface area contributed by atoms with Crippen molar-refractivity contribution in [1.82, 2.24) is 0 Å². The average molecular weight is 384 g/mol. The van der Waals surface area contributed by atoms with Gasteiger partial charge in [0.15, 0.2) is 28.4 Å². The van der Waals surface area contributed by atoms with E-state index in [4.69, 9.17) is 18.9 Å². The molecule has 8 heteroatoms. The van der Waals surface area contributed by atoms with E-state index in [-0.39, 0.29) is 13.6 Å². The van der Waals surface area contributed by atoms with Gasteiger partial charge in [-0.3, -0.25) is 9.59 Å². The molecule has 0 bridgehead atoms. The summed E-state index contributed by atoms with van der Waals surface area (Å²) in [5, 5.41) is 20.0. The Balaban J connectivity index is 1.57. The van der Waals surface area contributed by atoms with Crippen molar-refractivity contribution in [3.63, 3.8) is 0 Å². The lowest BCUT2D eigenvalue weighted by Gasteiger charge is -2.50. The van der Waals surface area contributed by atoms with Crippen LogP contribution in [0.4, 0.5) is 0 Å². The SMILES string of the molecule is O=C(O)C1(C(=O)O)C(c2ccc3c(c2)OCO3)CC1c1ccc2c(c1)OCO2. The summed E-state index contributed by atoms with van der Waals surface area (Å²) in [5.74, 6) is -2.02. The third kappa shape index (κ3) is 2.11. The molecule has 8 nitrogen and oxygen atoms in total. The van der Waals surface area contributed by atoms with Gasteiger partial charge in [0.2, 0.25) is 13.6 Å².